The van der Waals surface area contributed by atoms with Gasteiger partial charge in [-0.15, -0.1) is 0 Å². The van der Waals surface area contributed by atoms with Gasteiger partial charge in [-0.05, 0) is 31.3 Å². The maximum atomic E-state index is 12.0. The number of hydrogen-bond acceptors (Lipinski definition) is 1. The first-order valence-electron chi connectivity index (χ1n) is 5.99. The van der Waals surface area contributed by atoms with E-state index in [9.17, 15) is 4.79 Å². The van der Waals surface area contributed by atoms with E-state index in [0.29, 0.717) is 11.7 Å². The summed E-state index contributed by atoms with van der Waals surface area (Å²) in [6, 6.07) is 0. The first-order valence-corrected chi connectivity index (χ1v) is 5.99. The molecule has 0 fully saturated rings. The van der Waals surface area contributed by atoms with Crippen LogP contribution < -0.4 is 0 Å². The van der Waals surface area contributed by atoms with E-state index in [2.05, 4.69) is 20.8 Å². The lowest BCUT2D eigenvalue weighted by atomic mass is 9.99. The zero-order valence-corrected chi connectivity index (χ0v) is 9.73. The highest BCUT2D eigenvalue weighted by Crippen LogP contribution is 2.35. The Hall–Kier alpha value is -0.590. The lowest BCUT2D eigenvalue weighted by molar-refractivity contribution is -0.118. The van der Waals surface area contributed by atoms with Crippen LogP contribution >= 0.6 is 0 Å². The van der Waals surface area contributed by atoms with E-state index in [4.69, 9.17) is 0 Å². The molecule has 0 bridgehead atoms. The maximum absolute atomic E-state index is 12.0. The number of ketones is 1. The fourth-order valence-corrected chi connectivity index (χ4v) is 2.37. The third-order valence-corrected chi connectivity index (χ3v) is 3.13. The Labute approximate surface area is 87.6 Å². The van der Waals surface area contributed by atoms with Gasteiger partial charge in [0, 0.05) is 5.92 Å². The van der Waals surface area contributed by atoms with Crippen molar-refractivity contribution in [2.45, 2.75) is 59.3 Å². The molecule has 1 atom stereocenters. The van der Waals surface area contributed by atoms with Gasteiger partial charge >= 0.3 is 0 Å². The van der Waals surface area contributed by atoms with Crippen LogP contribution in [-0.2, 0) is 4.79 Å². The molecule has 1 aliphatic carbocycles. The predicted molar refractivity (Wildman–Crippen MR) is 60.2 cm³/mol. The van der Waals surface area contributed by atoms with Gasteiger partial charge in [0.05, 0.1) is 0 Å². The Kier molecular flexibility index (Phi) is 4.37. The predicted octanol–water partition coefficient (Wildman–Crippen LogP) is 3.88. The minimum absolute atomic E-state index is 0.318. The molecule has 1 nitrogen and oxygen atoms in total. The average molecular weight is 194 g/mol. The molecule has 0 spiro atoms. The van der Waals surface area contributed by atoms with Crippen LogP contribution in [0.5, 0.6) is 0 Å². The molecule has 0 aromatic carbocycles. The van der Waals surface area contributed by atoms with Gasteiger partial charge in [-0.3, -0.25) is 4.79 Å². The molecule has 0 heterocycles. The first kappa shape index (κ1) is 11.5. The summed E-state index contributed by atoms with van der Waals surface area (Å²) in [5.41, 5.74) is 2.65. The number of carbonyl (C=O) groups excluding carboxylic acids is 1. The van der Waals surface area contributed by atoms with Gasteiger partial charge in [-0.2, -0.15) is 0 Å². The van der Waals surface area contributed by atoms with Crippen molar-refractivity contribution < 1.29 is 4.79 Å². The van der Waals surface area contributed by atoms with Crippen molar-refractivity contribution in [1.82, 2.24) is 0 Å². The third-order valence-electron chi connectivity index (χ3n) is 3.13. The van der Waals surface area contributed by atoms with Crippen LogP contribution in [0.1, 0.15) is 59.3 Å². The van der Waals surface area contributed by atoms with E-state index in [1.54, 1.807) is 0 Å². The molecule has 0 amide bonds. The molecule has 0 aliphatic heterocycles. The van der Waals surface area contributed by atoms with Gasteiger partial charge in [-0.25, -0.2) is 0 Å². The van der Waals surface area contributed by atoms with Gasteiger partial charge < -0.3 is 0 Å². The molecule has 1 rings (SSSR count). The molecule has 1 unspecified atom stereocenters. The number of carbonyl (C=O) groups is 1. The van der Waals surface area contributed by atoms with Gasteiger partial charge in [0.1, 0.15) is 0 Å². The van der Waals surface area contributed by atoms with Crippen LogP contribution in [0, 0.1) is 5.92 Å². The fraction of sp³-hybridized carbons (Fsp3) is 0.769. The summed E-state index contributed by atoms with van der Waals surface area (Å²) in [6.07, 6.45) is 6.48. The highest BCUT2D eigenvalue weighted by Gasteiger charge is 2.29. The Morgan fingerprint density at radius 2 is 1.79 bits per heavy atom. The molecular weight excluding hydrogens is 172 g/mol. The van der Waals surface area contributed by atoms with Gasteiger partial charge in [-0.1, -0.05) is 39.2 Å². The van der Waals surface area contributed by atoms with Crippen LogP contribution in [0.4, 0.5) is 0 Å². The summed E-state index contributed by atoms with van der Waals surface area (Å²) in [5, 5.41) is 0. The summed E-state index contributed by atoms with van der Waals surface area (Å²) >= 11 is 0. The topological polar surface area (TPSA) is 17.1 Å². The first-order chi connectivity index (χ1) is 6.74. The van der Waals surface area contributed by atoms with Gasteiger partial charge in [0.2, 0.25) is 0 Å². The van der Waals surface area contributed by atoms with E-state index in [1.165, 1.54) is 17.6 Å². The zero-order valence-electron chi connectivity index (χ0n) is 9.73. The highest BCUT2D eigenvalue weighted by molar-refractivity contribution is 6.00. The van der Waals surface area contributed by atoms with E-state index in [-0.39, 0.29) is 0 Å². The molecule has 0 aromatic heterocycles. The largest absolute Gasteiger partial charge is 0.294 e. The molecule has 1 heteroatoms. The second-order valence-electron chi connectivity index (χ2n) is 4.26. The fourth-order valence-electron chi connectivity index (χ4n) is 2.37. The van der Waals surface area contributed by atoms with E-state index in [0.717, 1.165) is 32.1 Å². The van der Waals surface area contributed by atoms with Crippen LogP contribution in [0.2, 0.25) is 0 Å². The molecule has 0 saturated carbocycles. The average Bonchev–Trinajstić information content (AvgIpc) is 2.47. The van der Waals surface area contributed by atoms with Crippen molar-refractivity contribution in [3.8, 4) is 0 Å². The van der Waals surface area contributed by atoms with Crippen molar-refractivity contribution in [2.75, 3.05) is 0 Å². The lowest BCUT2D eigenvalue weighted by Crippen LogP contribution is -2.08. The second kappa shape index (κ2) is 5.33. The minimum atomic E-state index is 0.318. The molecule has 0 N–H and O–H groups in total. The van der Waals surface area contributed by atoms with Crippen molar-refractivity contribution in [1.29, 1.82) is 0 Å². The number of allylic oxidation sites excluding steroid dienone is 2. The van der Waals surface area contributed by atoms with Gasteiger partial charge in [0.25, 0.3) is 0 Å². The van der Waals surface area contributed by atoms with E-state index < -0.39 is 0 Å². The smallest absolute Gasteiger partial charge is 0.162 e. The quantitative estimate of drug-likeness (QED) is 0.649. The standard InChI is InChI=1S/C13H22O/c1-4-7-11-9-10(6-3)13(14)12(11)8-5-2/h10H,4-9H2,1-3H3. The number of Topliss-reactive ketones (excluding diaryl/α,β-unsaturated/α-hetero) is 1. The normalized spacial score (nSPS) is 22.2. The van der Waals surface area contributed by atoms with Crippen LogP contribution in [-0.4, -0.2) is 5.78 Å². The summed E-state index contributed by atoms with van der Waals surface area (Å²) in [4.78, 5) is 12.0. The van der Waals surface area contributed by atoms with Crippen molar-refractivity contribution in [3.05, 3.63) is 11.1 Å². The van der Waals surface area contributed by atoms with Crippen LogP contribution in [0.25, 0.3) is 0 Å². The van der Waals surface area contributed by atoms with E-state index >= 15 is 0 Å². The Morgan fingerprint density at radius 1 is 1.14 bits per heavy atom. The Balaban J connectivity index is 2.77. The van der Waals surface area contributed by atoms with Crippen LogP contribution in [0.15, 0.2) is 11.1 Å². The van der Waals surface area contributed by atoms with Crippen LogP contribution in [0.3, 0.4) is 0 Å². The van der Waals surface area contributed by atoms with Crippen molar-refractivity contribution in [2.24, 2.45) is 5.92 Å². The molecule has 0 aromatic rings. The molecule has 1 aliphatic rings. The second-order valence-corrected chi connectivity index (χ2v) is 4.26. The molecule has 0 radical (unpaired) electrons. The molecule has 14 heavy (non-hydrogen) atoms. The third kappa shape index (κ3) is 2.26. The molecular formula is C13H22O. The lowest BCUT2D eigenvalue weighted by Gasteiger charge is -2.03. The van der Waals surface area contributed by atoms with Gasteiger partial charge in [0.15, 0.2) is 5.78 Å². The summed E-state index contributed by atoms with van der Waals surface area (Å²) < 4.78 is 0. The highest BCUT2D eigenvalue weighted by atomic mass is 16.1. The SMILES string of the molecule is CCCC1=C(CCC)C(=O)C(CC)C1. The van der Waals surface area contributed by atoms with Crippen molar-refractivity contribution in [3.63, 3.8) is 0 Å². The molecule has 80 valence electrons. The summed E-state index contributed by atoms with van der Waals surface area (Å²) in [7, 11) is 0. The number of rotatable bonds is 5. The molecule has 0 saturated heterocycles. The van der Waals surface area contributed by atoms with E-state index in [1.807, 2.05) is 0 Å². The monoisotopic (exact) mass is 194 g/mol. The Bertz CT molecular complexity index is 238. The minimum Gasteiger partial charge on any atom is -0.294 e. The maximum Gasteiger partial charge on any atom is 0.162 e. The zero-order chi connectivity index (χ0) is 10.6. The Morgan fingerprint density at radius 3 is 2.29 bits per heavy atom. The number of hydrogen-bond donors (Lipinski definition) is 0. The van der Waals surface area contributed by atoms with Crippen molar-refractivity contribution >= 4 is 5.78 Å². The summed E-state index contributed by atoms with van der Waals surface area (Å²) in [5.74, 6) is 0.774. The summed E-state index contributed by atoms with van der Waals surface area (Å²) in [6.45, 7) is 6.48.